The second-order valence-corrected chi connectivity index (χ2v) is 8.45. The third-order valence-corrected chi connectivity index (χ3v) is 5.90. The molecule has 1 aliphatic heterocycles. The average molecular weight is 276 g/mol. The Morgan fingerprint density at radius 1 is 1.44 bits per heavy atom. The van der Waals surface area contributed by atoms with Crippen LogP contribution in [0.5, 0.6) is 0 Å². The molecule has 2 atom stereocenters. The van der Waals surface area contributed by atoms with Gasteiger partial charge < -0.3 is 10.6 Å². The first-order valence-electron chi connectivity index (χ1n) is 6.36. The van der Waals surface area contributed by atoms with Gasteiger partial charge in [-0.1, -0.05) is 6.92 Å². The fraction of sp³-hybridized carbons (Fsp3) is 0.917. The van der Waals surface area contributed by atoms with E-state index in [0.29, 0.717) is 5.92 Å². The highest BCUT2D eigenvalue weighted by atomic mass is 32.2. The van der Waals surface area contributed by atoms with Crippen LogP contribution >= 0.6 is 0 Å². The summed E-state index contributed by atoms with van der Waals surface area (Å²) in [6, 6.07) is -0.200. The van der Waals surface area contributed by atoms with Gasteiger partial charge >= 0.3 is 0 Å². The van der Waals surface area contributed by atoms with Gasteiger partial charge in [0.2, 0.25) is 5.91 Å². The molecule has 1 rings (SSSR count). The summed E-state index contributed by atoms with van der Waals surface area (Å²) >= 11 is 0. The van der Waals surface area contributed by atoms with E-state index < -0.39 is 14.6 Å². The van der Waals surface area contributed by atoms with Crippen molar-refractivity contribution in [1.29, 1.82) is 0 Å². The fourth-order valence-corrected chi connectivity index (χ4v) is 2.28. The molecule has 0 aromatic rings. The maximum absolute atomic E-state index is 12.0. The number of rotatable bonds is 4. The summed E-state index contributed by atoms with van der Waals surface area (Å²) in [5.74, 6) is 0.194. The van der Waals surface area contributed by atoms with Crippen molar-refractivity contribution in [3.05, 3.63) is 0 Å². The number of nitrogens with one attached hydrogen (secondary N) is 2. The molecular formula is C12H24N2O3S. The molecule has 106 valence electrons. The summed E-state index contributed by atoms with van der Waals surface area (Å²) in [6.45, 7) is 6.28. The summed E-state index contributed by atoms with van der Waals surface area (Å²) in [7, 11) is -3.18. The van der Waals surface area contributed by atoms with Gasteiger partial charge in [-0.2, -0.15) is 0 Å². The van der Waals surface area contributed by atoms with Crippen LogP contribution in [-0.4, -0.2) is 44.5 Å². The number of carbonyl (C=O) groups is 1. The molecule has 6 heteroatoms. The molecular weight excluding hydrogens is 252 g/mol. The van der Waals surface area contributed by atoms with Crippen molar-refractivity contribution in [3.8, 4) is 0 Å². The first-order chi connectivity index (χ1) is 8.15. The lowest BCUT2D eigenvalue weighted by molar-refractivity contribution is -0.124. The number of carbonyl (C=O) groups excluding carboxylic acids is 1. The van der Waals surface area contributed by atoms with Crippen LogP contribution in [0.1, 0.15) is 33.6 Å². The second kappa shape index (κ2) is 5.57. The molecule has 2 unspecified atom stereocenters. The molecule has 5 nitrogen and oxygen atoms in total. The SMILES string of the molecule is CC1CCCNC1C(=O)NCC(C)(C)S(C)(=O)=O. The minimum atomic E-state index is -3.18. The fourth-order valence-electron chi connectivity index (χ4n) is 1.94. The standard InChI is InChI=1S/C12H24N2O3S/c1-9-6-5-7-13-10(9)11(15)14-8-12(2,3)18(4,16)17/h9-10,13H,5-8H2,1-4H3,(H,14,15). The van der Waals surface area contributed by atoms with Crippen LogP contribution in [0.25, 0.3) is 0 Å². The Hall–Kier alpha value is -0.620. The van der Waals surface area contributed by atoms with Crippen molar-refractivity contribution in [1.82, 2.24) is 10.6 Å². The lowest BCUT2D eigenvalue weighted by Crippen LogP contribution is -2.54. The second-order valence-electron chi connectivity index (χ2n) is 5.80. The molecule has 0 radical (unpaired) electrons. The van der Waals surface area contributed by atoms with Gasteiger partial charge in [-0.15, -0.1) is 0 Å². The minimum absolute atomic E-state index is 0.0982. The normalized spacial score (nSPS) is 25.8. The number of sulfone groups is 1. The minimum Gasteiger partial charge on any atom is -0.353 e. The number of piperidine rings is 1. The Labute approximate surface area is 110 Å². The lowest BCUT2D eigenvalue weighted by Gasteiger charge is -2.30. The summed E-state index contributed by atoms with van der Waals surface area (Å²) < 4.78 is 22.1. The molecule has 0 spiro atoms. The van der Waals surface area contributed by atoms with E-state index in [4.69, 9.17) is 0 Å². The van der Waals surface area contributed by atoms with Crippen molar-refractivity contribution in [2.75, 3.05) is 19.3 Å². The van der Waals surface area contributed by atoms with Crippen LogP contribution in [-0.2, 0) is 14.6 Å². The van der Waals surface area contributed by atoms with Gasteiger partial charge in [-0.25, -0.2) is 8.42 Å². The maximum atomic E-state index is 12.0. The molecule has 1 heterocycles. The number of hydrogen-bond donors (Lipinski definition) is 2. The predicted molar refractivity (Wildman–Crippen MR) is 72.1 cm³/mol. The maximum Gasteiger partial charge on any atom is 0.237 e. The third-order valence-electron chi connectivity index (χ3n) is 3.74. The predicted octanol–water partition coefficient (Wildman–Crippen LogP) is 0.314. The highest BCUT2D eigenvalue weighted by Gasteiger charge is 2.33. The molecule has 0 aliphatic carbocycles. The molecule has 1 fully saturated rings. The molecule has 0 aromatic heterocycles. The Bertz CT molecular complexity index is 404. The van der Waals surface area contributed by atoms with E-state index in [1.807, 2.05) is 6.92 Å². The summed E-state index contributed by atoms with van der Waals surface area (Å²) in [4.78, 5) is 12.0. The Balaban J connectivity index is 2.56. The molecule has 0 aromatic carbocycles. The van der Waals surface area contributed by atoms with E-state index in [0.717, 1.165) is 19.4 Å². The summed E-state index contributed by atoms with van der Waals surface area (Å²) in [5.41, 5.74) is 0. The molecule has 2 N–H and O–H groups in total. The van der Waals surface area contributed by atoms with Gasteiger partial charge in [0.25, 0.3) is 0 Å². The van der Waals surface area contributed by atoms with Gasteiger partial charge in [0.05, 0.1) is 10.8 Å². The van der Waals surface area contributed by atoms with Gasteiger partial charge in [0.15, 0.2) is 9.84 Å². The molecule has 1 amide bonds. The highest BCUT2D eigenvalue weighted by molar-refractivity contribution is 7.92. The molecule has 1 aliphatic rings. The zero-order valence-electron chi connectivity index (χ0n) is 11.6. The topological polar surface area (TPSA) is 75.3 Å². The van der Waals surface area contributed by atoms with Crippen molar-refractivity contribution in [2.24, 2.45) is 5.92 Å². The van der Waals surface area contributed by atoms with Crippen molar-refractivity contribution >= 4 is 15.7 Å². The van der Waals surface area contributed by atoms with E-state index in [2.05, 4.69) is 10.6 Å². The monoisotopic (exact) mass is 276 g/mol. The van der Waals surface area contributed by atoms with Crippen LogP contribution in [0.3, 0.4) is 0 Å². The summed E-state index contributed by atoms with van der Waals surface area (Å²) in [5, 5.41) is 5.93. The van der Waals surface area contributed by atoms with E-state index in [1.165, 1.54) is 6.26 Å². The van der Waals surface area contributed by atoms with E-state index in [1.54, 1.807) is 13.8 Å². The zero-order valence-corrected chi connectivity index (χ0v) is 12.4. The van der Waals surface area contributed by atoms with Crippen LogP contribution in [0, 0.1) is 5.92 Å². The Morgan fingerprint density at radius 3 is 2.56 bits per heavy atom. The van der Waals surface area contributed by atoms with E-state index in [9.17, 15) is 13.2 Å². The van der Waals surface area contributed by atoms with Crippen molar-refractivity contribution < 1.29 is 13.2 Å². The average Bonchev–Trinajstić information content (AvgIpc) is 2.25. The highest BCUT2D eigenvalue weighted by Crippen LogP contribution is 2.17. The van der Waals surface area contributed by atoms with E-state index >= 15 is 0 Å². The Morgan fingerprint density at radius 2 is 2.06 bits per heavy atom. The van der Waals surface area contributed by atoms with Gasteiger partial charge in [-0.3, -0.25) is 4.79 Å². The zero-order chi connectivity index (χ0) is 14.0. The van der Waals surface area contributed by atoms with Crippen molar-refractivity contribution in [3.63, 3.8) is 0 Å². The first kappa shape index (κ1) is 15.4. The summed E-state index contributed by atoms with van der Waals surface area (Å²) in [6.07, 6.45) is 3.31. The number of hydrogen-bond acceptors (Lipinski definition) is 4. The van der Waals surface area contributed by atoms with Gasteiger partial charge in [-0.05, 0) is 39.2 Å². The van der Waals surface area contributed by atoms with Crippen LogP contribution in [0.2, 0.25) is 0 Å². The molecule has 1 saturated heterocycles. The third kappa shape index (κ3) is 3.68. The van der Waals surface area contributed by atoms with Crippen LogP contribution < -0.4 is 10.6 Å². The smallest absolute Gasteiger partial charge is 0.237 e. The Kier molecular flexibility index (Phi) is 4.78. The van der Waals surface area contributed by atoms with Gasteiger partial charge in [0, 0.05) is 12.8 Å². The largest absolute Gasteiger partial charge is 0.353 e. The molecule has 18 heavy (non-hydrogen) atoms. The van der Waals surface area contributed by atoms with Crippen LogP contribution in [0.15, 0.2) is 0 Å². The van der Waals surface area contributed by atoms with Crippen LogP contribution in [0.4, 0.5) is 0 Å². The van der Waals surface area contributed by atoms with Gasteiger partial charge in [0.1, 0.15) is 0 Å². The van der Waals surface area contributed by atoms with Crippen molar-refractivity contribution in [2.45, 2.75) is 44.4 Å². The molecule has 0 bridgehead atoms. The van der Waals surface area contributed by atoms with E-state index in [-0.39, 0.29) is 18.5 Å². The quantitative estimate of drug-likeness (QED) is 0.775. The first-order valence-corrected chi connectivity index (χ1v) is 8.25. The lowest BCUT2D eigenvalue weighted by atomic mass is 9.92. The number of amides is 1. The molecule has 0 saturated carbocycles.